The van der Waals surface area contributed by atoms with Crippen molar-refractivity contribution in [2.45, 2.75) is 44.6 Å². The van der Waals surface area contributed by atoms with Crippen molar-refractivity contribution >= 4 is 11.9 Å². The predicted octanol–water partition coefficient (Wildman–Crippen LogP) is 1.42. The molecule has 2 saturated carbocycles. The SMILES string of the molecule is COC(CNC(=O)C(C1CCC1)C1CCC1)C(=O)O. The highest BCUT2D eigenvalue weighted by Gasteiger charge is 2.40. The van der Waals surface area contributed by atoms with E-state index >= 15 is 0 Å². The Hall–Kier alpha value is -1.10. The van der Waals surface area contributed by atoms with E-state index in [-0.39, 0.29) is 18.4 Å². The summed E-state index contributed by atoms with van der Waals surface area (Å²) in [5.41, 5.74) is 0. The molecule has 0 spiro atoms. The molecule has 2 fully saturated rings. The Morgan fingerprint density at radius 2 is 1.74 bits per heavy atom. The van der Waals surface area contributed by atoms with E-state index in [1.165, 1.54) is 20.0 Å². The summed E-state index contributed by atoms with van der Waals surface area (Å²) >= 11 is 0. The van der Waals surface area contributed by atoms with E-state index < -0.39 is 12.1 Å². The predicted molar refractivity (Wildman–Crippen MR) is 69.6 cm³/mol. The molecular formula is C14H23NO4. The molecule has 0 aromatic carbocycles. The van der Waals surface area contributed by atoms with Crippen molar-refractivity contribution < 1.29 is 19.4 Å². The summed E-state index contributed by atoms with van der Waals surface area (Å²) in [6, 6.07) is 0. The number of nitrogens with one attached hydrogen (secondary N) is 1. The number of aliphatic carboxylic acids is 1. The molecule has 0 aliphatic heterocycles. The van der Waals surface area contributed by atoms with E-state index in [2.05, 4.69) is 5.32 Å². The topological polar surface area (TPSA) is 75.6 Å². The number of carbonyl (C=O) groups is 2. The van der Waals surface area contributed by atoms with Crippen LogP contribution in [0, 0.1) is 17.8 Å². The van der Waals surface area contributed by atoms with Crippen molar-refractivity contribution in [3.05, 3.63) is 0 Å². The van der Waals surface area contributed by atoms with Crippen molar-refractivity contribution in [3.8, 4) is 0 Å². The van der Waals surface area contributed by atoms with Crippen LogP contribution >= 0.6 is 0 Å². The highest BCUT2D eigenvalue weighted by atomic mass is 16.5. The van der Waals surface area contributed by atoms with Crippen LogP contribution in [0.15, 0.2) is 0 Å². The largest absolute Gasteiger partial charge is 0.479 e. The van der Waals surface area contributed by atoms with Crippen molar-refractivity contribution in [1.29, 1.82) is 0 Å². The Balaban J connectivity index is 1.86. The zero-order valence-electron chi connectivity index (χ0n) is 11.4. The summed E-state index contributed by atoms with van der Waals surface area (Å²) in [6.45, 7) is 0.0562. The molecule has 2 aliphatic carbocycles. The number of amides is 1. The van der Waals surface area contributed by atoms with Gasteiger partial charge >= 0.3 is 5.97 Å². The first kappa shape index (κ1) is 14.3. The van der Waals surface area contributed by atoms with E-state index in [0.29, 0.717) is 11.8 Å². The number of carbonyl (C=O) groups excluding carboxylic acids is 1. The minimum absolute atomic E-state index is 0.0256. The maximum atomic E-state index is 12.3. The van der Waals surface area contributed by atoms with Gasteiger partial charge in [0, 0.05) is 13.0 Å². The van der Waals surface area contributed by atoms with Crippen LogP contribution in [0.4, 0.5) is 0 Å². The summed E-state index contributed by atoms with van der Waals surface area (Å²) in [6.07, 6.45) is 6.05. The molecule has 5 nitrogen and oxygen atoms in total. The molecule has 19 heavy (non-hydrogen) atoms. The molecule has 0 aromatic heterocycles. The van der Waals surface area contributed by atoms with Crippen molar-refractivity contribution in [3.63, 3.8) is 0 Å². The number of ether oxygens (including phenoxy) is 1. The van der Waals surface area contributed by atoms with Gasteiger partial charge in [-0.05, 0) is 37.5 Å². The highest BCUT2D eigenvalue weighted by Crippen LogP contribution is 2.44. The van der Waals surface area contributed by atoms with Gasteiger partial charge in [-0.1, -0.05) is 12.8 Å². The normalized spacial score (nSPS) is 21.6. The van der Waals surface area contributed by atoms with Crippen LogP contribution in [0.1, 0.15) is 38.5 Å². The average molecular weight is 269 g/mol. The second-order valence-corrected chi connectivity index (χ2v) is 5.72. The van der Waals surface area contributed by atoms with Crippen LogP contribution in [0.5, 0.6) is 0 Å². The van der Waals surface area contributed by atoms with Crippen LogP contribution < -0.4 is 5.32 Å². The summed E-state index contributed by atoms with van der Waals surface area (Å²) in [5, 5.41) is 11.7. The quantitative estimate of drug-likeness (QED) is 0.733. The van der Waals surface area contributed by atoms with E-state index in [1.807, 2.05) is 0 Å². The van der Waals surface area contributed by atoms with Crippen molar-refractivity contribution in [2.75, 3.05) is 13.7 Å². The fraction of sp³-hybridized carbons (Fsp3) is 0.857. The third-order valence-electron chi connectivity index (χ3n) is 4.64. The molecule has 0 heterocycles. The van der Waals surface area contributed by atoms with E-state index in [4.69, 9.17) is 9.84 Å². The molecule has 1 amide bonds. The van der Waals surface area contributed by atoms with E-state index in [9.17, 15) is 9.59 Å². The summed E-state index contributed by atoms with van der Waals surface area (Å²) < 4.78 is 4.83. The molecule has 0 saturated heterocycles. The molecule has 2 aliphatic rings. The van der Waals surface area contributed by atoms with Gasteiger partial charge in [-0.3, -0.25) is 4.79 Å². The molecule has 0 aromatic rings. The van der Waals surface area contributed by atoms with Gasteiger partial charge in [0.25, 0.3) is 0 Å². The maximum absolute atomic E-state index is 12.3. The van der Waals surface area contributed by atoms with Gasteiger partial charge in [0.2, 0.25) is 5.91 Å². The summed E-state index contributed by atoms with van der Waals surface area (Å²) in [4.78, 5) is 23.1. The standard InChI is InChI=1S/C14H23NO4/c1-19-11(14(17)18)8-15-13(16)12(9-4-2-5-9)10-6-3-7-10/h9-12H,2-8H2,1H3,(H,15,16)(H,17,18). The molecule has 1 atom stereocenters. The molecule has 2 N–H and O–H groups in total. The van der Waals surface area contributed by atoms with Gasteiger partial charge in [-0.15, -0.1) is 0 Å². The lowest BCUT2D eigenvalue weighted by Crippen LogP contribution is -2.46. The fourth-order valence-electron chi connectivity index (χ4n) is 2.99. The van der Waals surface area contributed by atoms with Crippen LogP contribution in [0.3, 0.4) is 0 Å². The molecule has 1 unspecified atom stereocenters. The number of carboxylic acid groups (broad SMARTS) is 1. The van der Waals surface area contributed by atoms with Crippen molar-refractivity contribution in [2.24, 2.45) is 17.8 Å². The molecule has 2 rings (SSSR count). The zero-order valence-corrected chi connectivity index (χ0v) is 11.4. The second kappa shape index (κ2) is 6.37. The third-order valence-corrected chi connectivity index (χ3v) is 4.64. The Morgan fingerprint density at radius 1 is 1.21 bits per heavy atom. The van der Waals surface area contributed by atoms with Gasteiger partial charge in [-0.25, -0.2) is 4.79 Å². The minimum atomic E-state index is -1.04. The summed E-state index contributed by atoms with van der Waals surface area (Å²) in [7, 11) is 1.35. The first-order valence-corrected chi connectivity index (χ1v) is 7.16. The van der Waals surface area contributed by atoms with Crippen LogP contribution in [-0.2, 0) is 14.3 Å². The van der Waals surface area contributed by atoms with Gasteiger partial charge in [0.15, 0.2) is 6.10 Å². The average Bonchev–Trinajstić information content (AvgIpc) is 2.23. The first-order valence-electron chi connectivity index (χ1n) is 7.16. The van der Waals surface area contributed by atoms with Crippen molar-refractivity contribution in [1.82, 2.24) is 5.32 Å². The molecular weight excluding hydrogens is 246 g/mol. The van der Waals surface area contributed by atoms with Crippen LogP contribution in [0.2, 0.25) is 0 Å². The van der Waals surface area contributed by atoms with Gasteiger partial charge in [0.05, 0.1) is 6.54 Å². The Morgan fingerprint density at radius 3 is 2.05 bits per heavy atom. The lowest BCUT2D eigenvalue weighted by molar-refractivity contribution is -0.148. The van der Waals surface area contributed by atoms with Crippen LogP contribution in [0.25, 0.3) is 0 Å². The van der Waals surface area contributed by atoms with Crippen LogP contribution in [-0.4, -0.2) is 36.7 Å². The minimum Gasteiger partial charge on any atom is -0.479 e. The van der Waals surface area contributed by atoms with Gasteiger partial charge in [0.1, 0.15) is 0 Å². The molecule has 0 bridgehead atoms. The number of hydrogen-bond acceptors (Lipinski definition) is 3. The molecule has 0 radical (unpaired) electrons. The number of rotatable bonds is 7. The summed E-state index contributed by atoms with van der Waals surface area (Å²) in [5.74, 6) is 0.102. The zero-order chi connectivity index (χ0) is 13.8. The number of carboxylic acids is 1. The Labute approximate surface area is 113 Å². The fourth-order valence-corrected chi connectivity index (χ4v) is 2.99. The lowest BCUT2D eigenvalue weighted by atomic mass is 9.64. The third kappa shape index (κ3) is 3.26. The number of methoxy groups -OCH3 is 1. The Bertz CT molecular complexity index is 322. The Kier molecular flexibility index (Phi) is 4.80. The van der Waals surface area contributed by atoms with Gasteiger partial charge < -0.3 is 15.2 Å². The number of hydrogen-bond donors (Lipinski definition) is 2. The first-order chi connectivity index (χ1) is 9.13. The van der Waals surface area contributed by atoms with Gasteiger partial charge in [-0.2, -0.15) is 0 Å². The smallest absolute Gasteiger partial charge is 0.334 e. The second-order valence-electron chi connectivity index (χ2n) is 5.72. The monoisotopic (exact) mass is 269 g/mol. The highest BCUT2D eigenvalue weighted by molar-refractivity contribution is 5.80. The van der Waals surface area contributed by atoms with E-state index in [1.54, 1.807) is 0 Å². The maximum Gasteiger partial charge on any atom is 0.334 e. The molecule has 5 heteroatoms. The molecule has 108 valence electrons. The lowest BCUT2D eigenvalue weighted by Gasteiger charge is -2.41. The van der Waals surface area contributed by atoms with E-state index in [0.717, 1.165) is 25.7 Å².